The molecule has 186 valence electrons. The van der Waals surface area contributed by atoms with E-state index in [-0.39, 0.29) is 12.5 Å². The average Bonchev–Trinajstić information content (AvgIpc) is 3.41. The number of anilines is 2. The van der Waals surface area contributed by atoms with Crippen molar-refractivity contribution in [1.29, 1.82) is 0 Å². The molecule has 3 aromatic heterocycles. The van der Waals surface area contributed by atoms with Gasteiger partial charge >= 0.3 is 0 Å². The summed E-state index contributed by atoms with van der Waals surface area (Å²) in [6.45, 7) is 0.536. The lowest BCUT2D eigenvalue weighted by Gasteiger charge is -2.11. The Morgan fingerprint density at radius 2 is 1.81 bits per heavy atom. The molecule has 7 nitrogen and oxygen atoms in total. The number of nitrogens with one attached hydrogen (secondary N) is 3. The molecule has 0 aliphatic carbocycles. The van der Waals surface area contributed by atoms with Crippen LogP contribution < -0.4 is 16.0 Å². The summed E-state index contributed by atoms with van der Waals surface area (Å²) in [4.78, 5) is 27.9. The van der Waals surface area contributed by atoms with E-state index in [1.54, 1.807) is 29.7 Å². The number of carbonyl (C=O) groups excluding carboxylic acids is 1. The molecule has 5 rings (SSSR count). The van der Waals surface area contributed by atoms with Crippen LogP contribution in [0.15, 0.2) is 73.2 Å². The number of halogens is 2. The first kappa shape index (κ1) is 24.3. The number of hydrogen-bond donors (Lipinski definition) is 3. The van der Waals surface area contributed by atoms with E-state index in [9.17, 15) is 13.6 Å². The first-order valence-electron chi connectivity index (χ1n) is 11.4. The number of aromatic nitrogens is 3. The number of pyridine rings is 1. The molecule has 3 N–H and O–H groups in total. The lowest BCUT2D eigenvalue weighted by atomic mass is 10.1. The maximum atomic E-state index is 13.5. The number of carbonyl (C=O) groups is 1. The molecule has 0 saturated carbocycles. The molecule has 0 radical (unpaired) electrons. The normalized spacial score (nSPS) is 10.9. The van der Waals surface area contributed by atoms with Crippen molar-refractivity contribution >= 4 is 39.8 Å². The summed E-state index contributed by atoms with van der Waals surface area (Å²) in [7, 11) is 1.83. The van der Waals surface area contributed by atoms with E-state index in [4.69, 9.17) is 0 Å². The predicted octanol–water partition coefficient (Wildman–Crippen LogP) is 5.62. The highest BCUT2D eigenvalue weighted by Crippen LogP contribution is 2.32. The number of thiophene rings is 1. The van der Waals surface area contributed by atoms with Crippen molar-refractivity contribution in [2.75, 3.05) is 17.7 Å². The van der Waals surface area contributed by atoms with Gasteiger partial charge in [-0.1, -0.05) is 12.1 Å². The minimum Gasteiger partial charge on any atom is -0.373 e. The monoisotopic (exact) mass is 516 g/mol. The van der Waals surface area contributed by atoms with Gasteiger partial charge < -0.3 is 16.0 Å². The summed E-state index contributed by atoms with van der Waals surface area (Å²) < 4.78 is 26.6. The molecule has 2 aromatic carbocycles. The Hall–Kier alpha value is -4.44. The third kappa shape index (κ3) is 5.39. The molecule has 37 heavy (non-hydrogen) atoms. The van der Waals surface area contributed by atoms with E-state index in [0.717, 1.165) is 44.2 Å². The van der Waals surface area contributed by atoms with E-state index in [0.29, 0.717) is 23.5 Å². The van der Waals surface area contributed by atoms with Crippen molar-refractivity contribution in [1.82, 2.24) is 20.3 Å². The topological polar surface area (TPSA) is 91.8 Å². The molecular formula is C27H22F2N6OS. The van der Waals surface area contributed by atoms with E-state index >= 15 is 0 Å². The minimum atomic E-state index is -0.953. The number of fused-ring (bicyclic) bond motifs is 1. The van der Waals surface area contributed by atoms with E-state index in [1.807, 2.05) is 25.2 Å². The van der Waals surface area contributed by atoms with Crippen molar-refractivity contribution in [3.8, 4) is 10.4 Å². The van der Waals surface area contributed by atoms with Crippen molar-refractivity contribution in [2.24, 2.45) is 0 Å². The summed E-state index contributed by atoms with van der Waals surface area (Å²) in [6.07, 6.45) is 3.14. The fraction of sp³-hybridized carbons (Fsp3) is 0.111. The van der Waals surface area contributed by atoms with Gasteiger partial charge in [0.2, 0.25) is 0 Å². The smallest absolute Gasteiger partial charge is 0.255 e. The van der Waals surface area contributed by atoms with Gasteiger partial charge in [-0.05, 0) is 59.7 Å². The summed E-state index contributed by atoms with van der Waals surface area (Å²) in [5.74, 6) is -1.04. The van der Waals surface area contributed by atoms with Crippen molar-refractivity contribution < 1.29 is 13.6 Å². The van der Waals surface area contributed by atoms with E-state index in [1.165, 1.54) is 12.4 Å². The van der Waals surface area contributed by atoms with Gasteiger partial charge in [0.1, 0.15) is 18.0 Å². The second kappa shape index (κ2) is 10.7. The van der Waals surface area contributed by atoms with Gasteiger partial charge in [0.15, 0.2) is 11.6 Å². The van der Waals surface area contributed by atoms with Crippen LogP contribution in [-0.2, 0) is 13.1 Å². The van der Waals surface area contributed by atoms with Crippen LogP contribution in [0, 0.1) is 11.6 Å². The largest absolute Gasteiger partial charge is 0.373 e. The van der Waals surface area contributed by atoms with Crippen molar-refractivity contribution in [2.45, 2.75) is 13.1 Å². The molecule has 0 fully saturated rings. The molecule has 0 saturated heterocycles. The Labute approximate surface area is 215 Å². The molecule has 10 heteroatoms. The van der Waals surface area contributed by atoms with Gasteiger partial charge in [-0.15, -0.1) is 11.3 Å². The van der Waals surface area contributed by atoms with E-state index < -0.39 is 11.6 Å². The molecule has 0 bridgehead atoms. The molecule has 0 atom stereocenters. The Morgan fingerprint density at radius 1 is 0.919 bits per heavy atom. The van der Waals surface area contributed by atoms with Gasteiger partial charge in [0.25, 0.3) is 5.91 Å². The fourth-order valence-electron chi connectivity index (χ4n) is 3.86. The Bertz CT molecular complexity index is 1590. The van der Waals surface area contributed by atoms with Crippen LogP contribution in [-0.4, -0.2) is 27.9 Å². The summed E-state index contributed by atoms with van der Waals surface area (Å²) in [5, 5.41) is 10.0. The Kier molecular flexibility index (Phi) is 7.00. The van der Waals surface area contributed by atoms with Crippen LogP contribution in [0.1, 0.15) is 20.8 Å². The van der Waals surface area contributed by atoms with Gasteiger partial charge in [-0.25, -0.2) is 23.7 Å². The quantitative estimate of drug-likeness (QED) is 0.248. The average molecular weight is 517 g/mol. The maximum Gasteiger partial charge on any atom is 0.255 e. The SMILES string of the molecule is CNc1ncnc2ccc(-c3ccc(CNc4ncccc4C(=O)NCc4ccc(F)c(F)c4)s3)cc12. The number of rotatable bonds is 8. The summed E-state index contributed by atoms with van der Waals surface area (Å²) >= 11 is 1.63. The summed E-state index contributed by atoms with van der Waals surface area (Å²) in [6, 6.07) is 17.0. The zero-order valence-electron chi connectivity index (χ0n) is 19.8. The zero-order chi connectivity index (χ0) is 25.8. The predicted molar refractivity (Wildman–Crippen MR) is 141 cm³/mol. The van der Waals surface area contributed by atoms with Crippen LogP contribution in [0.5, 0.6) is 0 Å². The Morgan fingerprint density at radius 3 is 2.65 bits per heavy atom. The van der Waals surface area contributed by atoms with Crippen LogP contribution in [0.2, 0.25) is 0 Å². The Balaban J connectivity index is 1.27. The highest BCUT2D eigenvalue weighted by atomic mass is 32.1. The number of hydrogen-bond acceptors (Lipinski definition) is 7. The van der Waals surface area contributed by atoms with Gasteiger partial charge in [0.05, 0.1) is 17.6 Å². The molecule has 0 spiro atoms. The molecule has 0 unspecified atom stereocenters. The molecule has 5 aromatic rings. The first-order chi connectivity index (χ1) is 18.0. The van der Waals surface area contributed by atoms with Crippen molar-refractivity contribution in [3.05, 3.63) is 101 Å². The number of amides is 1. The highest BCUT2D eigenvalue weighted by Gasteiger charge is 2.14. The van der Waals surface area contributed by atoms with Gasteiger partial charge in [0, 0.05) is 34.9 Å². The van der Waals surface area contributed by atoms with Crippen LogP contribution in [0.4, 0.5) is 20.4 Å². The minimum absolute atomic E-state index is 0.0602. The molecule has 3 heterocycles. The number of benzene rings is 2. The lowest BCUT2D eigenvalue weighted by molar-refractivity contribution is 0.0951. The van der Waals surface area contributed by atoms with Crippen LogP contribution in [0.3, 0.4) is 0 Å². The third-order valence-corrected chi connectivity index (χ3v) is 6.87. The van der Waals surface area contributed by atoms with Gasteiger partial charge in [-0.2, -0.15) is 0 Å². The molecular weight excluding hydrogens is 494 g/mol. The van der Waals surface area contributed by atoms with Crippen LogP contribution in [0.25, 0.3) is 21.3 Å². The lowest BCUT2D eigenvalue weighted by Crippen LogP contribution is -2.24. The third-order valence-electron chi connectivity index (χ3n) is 5.74. The zero-order valence-corrected chi connectivity index (χ0v) is 20.6. The molecule has 1 amide bonds. The second-order valence-corrected chi connectivity index (χ2v) is 9.32. The highest BCUT2D eigenvalue weighted by molar-refractivity contribution is 7.15. The summed E-state index contributed by atoms with van der Waals surface area (Å²) in [5.41, 5.74) is 2.74. The van der Waals surface area contributed by atoms with Crippen molar-refractivity contribution in [3.63, 3.8) is 0 Å². The standard InChI is InChI=1S/C27H22F2N6OS/c1-30-25-20-12-17(5-8-23(20)34-15-35-25)24-9-6-18(37-24)14-32-26-19(3-2-10-31-26)27(36)33-13-16-4-7-21(28)22(29)11-16/h2-12,15H,13-14H2,1H3,(H,31,32)(H,33,36)(H,30,34,35). The fourth-order valence-corrected chi connectivity index (χ4v) is 4.81. The van der Waals surface area contributed by atoms with E-state index in [2.05, 4.69) is 43.0 Å². The second-order valence-electron chi connectivity index (χ2n) is 8.15. The maximum absolute atomic E-state index is 13.5. The van der Waals surface area contributed by atoms with Crippen LogP contribution >= 0.6 is 11.3 Å². The van der Waals surface area contributed by atoms with Gasteiger partial charge in [-0.3, -0.25) is 4.79 Å². The molecule has 0 aliphatic heterocycles. The number of nitrogens with zero attached hydrogens (tertiary/aromatic N) is 3. The first-order valence-corrected chi connectivity index (χ1v) is 12.3. The molecule has 0 aliphatic rings.